The molecular weight excluding hydrogens is 240 g/mol. The highest BCUT2D eigenvalue weighted by atomic mass is 16.4. The zero-order valence-corrected chi connectivity index (χ0v) is 11.5. The van der Waals surface area contributed by atoms with Crippen LogP contribution in [-0.2, 0) is 19.9 Å². The second-order valence-electron chi connectivity index (χ2n) is 4.89. The molecule has 0 atom stereocenters. The van der Waals surface area contributed by atoms with Crippen molar-refractivity contribution in [3.8, 4) is 0 Å². The lowest BCUT2D eigenvalue weighted by Gasteiger charge is -2.07. The molecule has 4 heteroatoms. The number of carbonyl (C=O) groups is 1. The molecule has 0 aliphatic heterocycles. The van der Waals surface area contributed by atoms with Crippen LogP contribution in [0.4, 0.5) is 0 Å². The monoisotopic (exact) mass is 258 g/mol. The second kappa shape index (κ2) is 5.26. The molecule has 1 heterocycles. The highest BCUT2D eigenvalue weighted by molar-refractivity contribution is 5.87. The number of carboxylic acid groups (broad SMARTS) is 1. The van der Waals surface area contributed by atoms with Crippen molar-refractivity contribution in [1.29, 1.82) is 0 Å². The molecule has 2 aromatic rings. The van der Waals surface area contributed by atoms with E-state index in [0.29, 0.717) is 12.1 Å². The maximum Gasteiger partial charge on any atom is 0.354 e. The maximum atomic E-state index is 11.2. The number of aryl methyl sites for hydroxylation is 5. The molecular formula is C15H18N2O2. The van der Waals surface area contributed by atoms with Gasteiger partial charge in [-0.2, -0.15) is 0 Å². The normalized spacial score (nSPS) is 10.7. The Labute approximate surface area is 112 Å². The van der Waals surface area contributed by atoms with Crippen LogP contribution in [0, 0.1) is 13.8 Å². The number of imidazole rings is 1. The molecule has 4 nitrogen and oxygen atoms in total. The Bertz CT molecular complexity index is 615. The maximum absolute atomic E-state index is 11.2. The highest BCUT2D eigenvalue weighted by Crippen LogP contribution is 2.15. The SMILES string of the molecule is Cc1ccc(C)c(CCc2ncn(C)c2C(=O)O)c1. The number of carboxylic acids is 1. The number of aromatic carboxylic acids is 1. The third-order valence-corrected chi connectivity index (χ3v) is 3.35. The molecule has 0 aliphatic rings. The average Bonchev–Trinajstić information content (AvgIpc) is 2.72. The average molecular weight is 258 g/mol. The lowest BCUT2D eigenvalue weighted by atomic mass is 10.00. The van der Waals surface area contributed by atoms with Gasteiger partial charge < -0.3 is 9.67 Å². The van der Waals surface area contributed by atoms with Crippen LogP contribution in [0.15, 0.2) is 24.5 Å². The first-order valence-corrected chi connectivity index (χ1v) is 6.28. The summed E-state index contributed by atoms with van der Waals surface area (Å²) in [6.45, 7) is 4.14. The standard InChI is InChI=1S/C15H18N2O2/c1-10-4-5-11(2)12(8-10)6-7-13-14(15(18)19)17(3)9-16-13/h4-5,8-9H,6-7H2,1-3H3,(H,18,19). The molecule has 0 spiro atoms. The fourth-order valence-electron chi connectivity index (χ4n) is 2.26. The van der Waals surface area contributed by atoms with E-state index in [1.165, 1.54) is 16.7 Å². The van der Waals surface area contributed by atoms with Crippen LogP contribution >= 0.6 is 0 Å². The number of rotatable bonds is 4. The van der Waals surface area contributed by atoms with Crippen LogP contribution in [0.5, 0.6) is 0 Å². The van der Waals surface area contributed by atoms with Gasteiger partial charge in [0.2, 0.25) is 0 Å². The van der Waals surface area contributed by atoms with E-state index in [0.717, 1.165) is 6.42 Å². The Kier molecular flexibility index (Phi) is 3.69. The highest BCUT2D eigenvalue weighted by Gasteiger charge is 2.15. The summed E-state index contributed by atoms with van der Waals surface area (Å²) in [6, 6.07) is 6.34. The third kappa shape index (κ3) is 2.84. The van der Waals surface area contributed by atoms with Crippen LogP contribution < -0.4 is 0 Å². The van der Waals surface area contributed by atoms with Crippen molar-refractivity contribution in [2.75, 3.05) is 0 Å². The van der Waals surface area contributed by atoms with Crippen LogP contribution in [-0.4, -0.2) is 20.6 Å². The molecule has 1 aromatic carbocycles. The topological polar surface area (TPSA) is 55.1 Å². The van der Waals surface area contributed by atoms with Gasteiger partial charge in [0.05, 0.1) is 12.0 Å². The van der Waals surface area contributed by atoms with E-state index in [2.05, 4.69) is 37.0 Å². The summed E-state index contributed by atoms with van der Waals surface area (Å²) in [7, 11) is 1.71. The van der Waals surface area contributed by atoms with Crippen molar-refractivity contribution in [2.24, 2.45) is 7.05 Å². The van der Waals surface area contributed by atoms with Crippen molar-refractivity contribution in [3.05, 3.63) is 52.6 Å². The Morgan fingerprint density at radius 1 is 1.32 bits per heavy atom. The first-order valence-electron chi connectivity index (χ1n) is 6.28. The number of hydrogen-bond acceptors (Lipinski definition) is 2. The molecule has 1 aromatic heterocycles. The molecule has 0 unspecified atom stereocenters. The van der Waals surface area contributed by atoms with Crippen molar-refractivity contribution in [1.82, 2.24) is 9.55 Å². The van der Waals surface area contributed by atoms with Crippen LogP contribution in [0.2, 0.25) is 0 Å². The van der Waals surface area contributed by atoms with Crippen molar-refractivity contribution < 1.29 is 9.90 Å². The van der Waals surface area contributed by atoms with Gasteiger partial charge in [0.25, 0.3) is 0 Å². The van der Waals surface area contributed by atoms with E-state index < -0.39 is 5.97 Å². The van der Waals surface area contributed by atoms with Gasteiger partial charge in [-0.25, -0.2) is 9.78 Å². The van der Waals surface area contributed by atoms with Gasteiger partial charge in [0.15, 0.2) is 0 Å². The smallest absolute Gasteiger partial charge is 0.354 e. The number of nitrogens with zero attached hydrogens (tertiary/aromatic N) is 2. The van der Waals surface area contributed by atoms with E-state index in [4.69, 9.17) is 0 Å². The predicted molar refractivity (Wildman–Crippen MR) is 73.5 cm³/mol. The van der Waals surface area contributed by atoms with Gasteiger partial charge in [-0.1, -0.05) is 23.8 Å². The second-order valence-corrected chi connectivity index (χ2v) is 4.89. The number of aromatic nitrogens is 2. The molecule has 0 saturated carbocycles. The summed E-state index contributed by atoms with van der Waals surface area (Å²) in [5.74, 6) is -0.920. The molecule has 1 N–H and O–H groups in total. The van der Waals surface area contributed by atoms with E-state index in [9.17, 15) is 9.90 Å². The Morgan fingerprint density at radius 2 is 2.05 bits per heavy atom. The van der Waals surface area contributed by atoms with Gasteiger partial charge in [-0.3, -0.25) is 0 Å². The van der Waals surface area contributed by atoms with Crippen LogP contribution in [0.25, 0.3) is 0 Å². The Hall–Kier alpha value is -2.10. The minimum absolute atomic E-state index is 0.283. The zero-order chi connectivity index (χ0) is 14.0. The first-order chi connectivity index (χ1) is 8.99. The van der Waals surface area contributed by atoms with Crippen molar-refractivity contribution in [2.45, 2.75) is 26.7 Å². The number of benzene rings is 1. The summed E-state index contributed by atoms with van der Waals surface area (Å²) in [5, 5.41) is 9.17. The number of hydrogen-bond donors (Lipinski definition) is 1. The molecule has 0 saturated heterocycles. The van der Waals surface area contributed by atoms with Gasteiger partial charge in [-0.05, 0) is 37.8 Å². The van der Waals surface area contributed by atoms with Gasteiger partial charge >= 0.3 is 5.97 Å². The van der Waals surface area contributed by atoms with Gasteiger partial charge in [0.1, 0.15) is 5.69 Å². The fraction of sp³-hybridized carbons (Fsp3) is 0.333. The molecule has 2 rings (SSSR count). The van der Waals surface area contributed by atoms with Gasteiger partial charge in [-0.15, -0.1) is 0 Å². The van der Waals surface area contributed by atoms with Crippen molar-refractivity contribution >= 4 is 5.97 Å². The molecule has 0 bridgehead atoms. The van der Waals surface area contributed by atoms with E-state index in [1.54, 1.807) is 17.9 Å². The minimum atomic E-state index is -0.920. The van der Waals surface area contributed by atoms with Crippen LogP contribution in [0.1, 0.15) is 32.9 Å². The lowest BCUT2D eigenvalue weighted by Crippen LogP contribution is -2.08. The summed E-state index contributed by atoms with van der Waals surface area (Å²) in [6.07, 6.45) is 3.01. The first kappa shape index (κ1) is 13.3. The van der Waals surface area contributed by atoms with E-state index in [1.807, 2.05) is 0 Å². The molecule has 0 amide bonds. The van der Waals surface area contributed by atoms with E-state index in [-0.39, 0.29) is 5.69 Å². The minimum Gasteiger partial charge on any atom is -0.477 e. The quantitative estimate of drug-likeness (QED) is 0.916. The molecule has 0 aliphatic carbocycles. The Morgan fingerprint density at radius 3 is 2.74 bits per heavy atom. The third-order valence-electron chi connectivity index (χ3n) is 3.35. The largest absolute Gasteiger partial charge is 0.477 e. The fourth-order valence-corrected chi connectivity index (χ4v) is 2.26. The summed E-state index contributed by atoms with van der Waals surface area (Å²) in [4.78, 5) is 15.4. The van der Waals surface area contributed by atoms with Crippen LogP contribution in [0.3, 0.4) is 0 Å². The molecule has 0 fully saturated rings. The lowest BCUT2D eigenvalue weighted by molar-refractivity contribution is 0.0685. The summed E-state index contributed by atoms with van der Waals surface area (Å²) >= 11 is 0. The van der Waals surface area contributed by atoms with Gasteiger partial charge in [0, 0.05) is 7.05 Å². The molecule has 19 heavy (non-hydrogen) atoms. The predicted octanol–water partition coefficient (Wildman–Crippen LogP) is 2.52. The summed E-state index contributed by atoms with van der Waals surface area (Å²) in [5.41, 5.74) is 4.64. The summed E-state index contributed by atoms with van der Waals surface area (Å²) < 4.78 is 1.56. The molecule has 0 radical (unpaired) electrons. The Balaban J connectivity index is 2.19. The van der Waals surface area contributed by atoms with E-state index >= 15 is 0 Å². The zero-order valence-electron chi connectivity index (χ0n) is 11.5. The van der Waals surface area contributed by atoms with Crippen molar-refractivity contribution in [3.63, 3.8) is 0 Å². The molecule has 100 valence electrons.